The summed E-state index contributed by atoms with van der Waals surface area (Å²) in [6.07, 6.45) is -1.26. The average molecular weight is 364 g/mol. The fourth-order valence-electron chi connectivity index (χ4n) is 1.73. The minimum Gasteiger partial charge on any atom is -0.258 e. The van der Waals surface area contributed by atoms with Crippen molar-refractivity contribution in [2.24, 2.45) is 0 Å². The fraction of sp³-hybridized carbons (Fsp3) is 0.133. The molecule has 26 heavy (non-hydrogen) atoms. The lowest BCUT2D eigenvalue weighted by molar-refractivity contribution is -0.385. The van der Waals surface area contributed by atoms with Gasteiger partial charge in [0.25, 0.3) is 11.4 Å². The topological polar surface area (TPSA) is 140 Å². The second-order valence-corrected chi connectivity index (χ2v) is 4.79. The lowest BCUT2D eigenvalue weighted by Gasteiger charge is -2.04. The summed E-state index contributed by atoms with van der Waals surface area (Å²) >= 11 is 0. The number of hydrogen-bond acceptors (Lipinski definition) is 9. The van der Waals surface area contributed by atoms with Gasteiger partial charge in [-0.25, -0.2) is 0 Å². The summed E-state index contributed by atoms with van der Waals surface area (Å²) in [4.78, 5) is 49.0. The summed E-state index contributed by atoms with van der Waals surface area (Å²) in [7, 11) is 0. The fourth-order valence-corrected chi connectivity index (χ4v) is 1.73. The van der Waals surface area contributed by atoms with Crippen LogP contribution in [0.5, 0.6) is 0 Å². The maximum absolute atomic E-state index is 11.2. The zero-order chi connectivity index (χ0) is 18.9. The highest BCUT2D eigenvalue weighted by molar-refractivity contribution is 5.58. The molecule has 0 N–H and O–H groups in total. The number of carbonyl (C=O) groups excluding carboxylic acids is 1. The molecule has 0 aliphatic rings. The predicted octanol–water partition coefficient (Wildman–Crippen LogP) is 3.22. The van der Waals surface area contributed by atoms with E-state index in [0.29, 0.717) is 11.1 Å². The molecule has 11 heteroatoms. The molecule has 0 aliphatic carbocycles. The normalized spacial score (nSPS) is 10.2. The molecule has 2 aromatic rings. The van der Waals surface area contributed by atoms with Crippen LogP contribution in [0.3, 0.4) is 0 Å². The van der Waals surface area contributed by atoms with Gasteiger partial charge in [0.1, 0.15) is 13.2 Å². The van der Waals surface area contributed by atoms with E-state index in [2.05, 4.69) is 19.6 Å². The Kier molecular flexibility index (Phi) is 6.53. The van der Waals surface area contributed by atoms with Crippen molar-refractivity contribution in [3.05, 3.63) is 79.9 Å². The summed E-state index contributed by atoms with van der Waals surface area (Å²) in [5.41, 5.74) is 0.924. The van der Waals surface area contributed by atoms with E-state index in [0.717, 1.165) is 0 Å². The summed E-state index contributed by atoms with van der Waals surface area (Å²) in [6.45, 7) is -0.287. The number of hydrogen-bond donors (Lipinski definition) is 0. The molecule has 0 aromatic heterocycles. The average Bonchev–Trinajstić information content (AvgIpc) is 2.62. The van der Waals surface area contributed by atoms with Crippen LogP contribution in [0.4, 0.5) is 16.2 Å². The Bertz CT molecular complexity index is 709. The Morgan fingerprint density at radius 3 is 1.38 bits per heavy atom. The highest BCUT2D eigenvalue weighted by Crippen LogP contribution is 2.14. The van der Waals surface area contributed by atoms with E-state index in [1.807, 2.05) is 0 Å². The van der Waals surface area contributed by atoms with Crippen molar-refractivity contribution in [2.45, 2.75) is 13.2 Å². The summed E-state index contributed by atoms with van der Waals surface area (Å²) in [5, 5.41) is 21.0. The molecule has 0 bridgehead atoms. The molecule has 0 spiro atoms. The first-order valence-electron chi connectivity index (χ1n) is 7.05. The van der Waals surface area contributed by atoms with Crippen LogP contribution in [0, 0.1) is 20.2 Å². The Labute approximate surface area is 145 Å². The van der Waals surface area contributed by atoms with Gasteiger partial charge in [0.2, 0.25) is 0 Å². The first-order chi connectivity index (χ1) is 12.5. The smallest absolute Gasteiger partial charge is 0.258 e. The number of carbonyl (C=O) groups is 1. The van der Waals surface area contributed by atoms with Crippen LogP contribution in [0.1, 0.15) is 11.1 Å². The van der Waals surface area contributed by atoms with Crippen LogP contribution in [-0.4, -0.2) is 16.0 Å². The molecule has 2 aromatic carbocycles. The monoisotopic (exact) mass is 364 g/mol. The molecule has 11 nitrogen and oxygen atoms in total. The standard InChI is InChI=1S/C15H12N2O9/c18-15(25-23-9-11-1-5-13(6-2-11)16(19)20)26-24-10-12-3-7-14(8-4-12)17(21)22/h1-8H,9-10H2. The van der Waals surface area contributed by atoms with Crippen LogP contribution >= 0.6 is 0 Å². The number of non-ortho nitro benzene ring substituents is 2. The van der Waals surface area contributed by atoms with Crippen LogP contribution in [0.2, 0.25) is 0 Å². The van der Waals surface area contributed by atoms with E-state index in [-0.39, 0.29) is 24.6 Å². The van der Waals surface area contributed by atoms with Gasteiger partial charge in [-0.2, -0.15) is 14.6 Å². The zero-order valence-electron chi connectivity index (χ0n) is 13.1. The van der Waals surface area contributed by atoms with Gasteiger partial charge in [0.05, 0.1) is 9.85 Å². The largest absolute Gasteiger partial charge is 0.573 e. The van der Waals surface area contributed by atoms with E-state index in [4.69, 9.17) is 0 Å². The van der Waals surface area contributed by atoms with Crippen LogP contribution < -0.4 is 0 Å². The molecule has 0 fully saturated rings. The van der Waals surface area contributed by atoms with Crippen molar-refractivity contribution in [3.8, 4) is 0 Å². The SMILES string of the molecule is O=C(OOCc1ccc([N+](=O)[O-])cc1)OOCc1ccc([N+](=O)[O-])cc1. The quantitative estimate of drug-likeness (QED) is 0.392. The first kappa shape index (κ1) is 18.8. The second-order valence-electron chi connectivity index (χ2n) is 4.79. The highest BCUT2D eigenvalue weighted by atomic mass is 17.3. The molecule has 0 atom stereocenters. The highest BCUT2D eigenvalue weighted by Gasteiger charge is 2.09. The van der Waals surface area contributed by atoms with E-state index in [9.17, 15) is 25.0 Å². The third-order valence-corrected chi connectivity index (χ3v) is 3.00. The van der Waals surface area contributed by atoms with Crippen LogP contribution in [0.25, 0.3) is 0 Å². The maximum atomic E-state index is 11.2. The van der Waals surface area contributed by atoms with Gasteiger partial charge < -0.3 is 0 Å². The van der Waals surface area contributed by atoms with Crippen LogP contribution in [-0.2, 0) is 32.8 Å². The summed E-state index contributed by atoms with van der Waals surface area (Å²) in [5.74, 6) is 0. The molecular weight excluding hydrogens is 352 g/mol. The molecule has 0 heterocycles. The van der Waals surface area contributed by atoms with E-state index >= 15 is 0 Å². The summed E-state index contributed by atoms with van der Waals surface area (Å²) < 4.78 is 0. The number of rotatable bonds is 8. The van der Waals surface area contributed by atoms with Crippen molar-refractivity contribution in [1.82, 2.24) is 0 Å². The van der Waals surface area contributed by atoms with E-state index < -0.39 is 16.0 Å². The maximum Gasteiger partial charge on any atom is 0.573 e. The number of nitro groups is 2. The van der Waals surface area contributed by atoms with E-state index in [1.165, 1.54) is 48.5 Å². The van der Waals surface area contributed by atoms with Gasteiger partial charge in [0, 0.05) is 24.3 Å². The molecule has 136 valence electrons. The van der Waals surface area contributed by atoms with Gasteiger partial charge in [0.15, 0.2) is 0 Å². The lowest BCUT2D eigenvalue weighted by atomic mass is 10.2. The zero-order valence-corrected chi connectivity index (χ0v) is 13.1. The Balaban J connectivity index is 1.65. The number of benzene rings is 2. The third kappa shape index (κ3) is 5.81. The van der Waals surface area contributed by atoms with Gasteiger partial charge in [-0.15, -0.1) is 0 Å². The van der Waals surface area contributed by atoms with E-state index in [1.54, 1.807) is 0 Å². The molecule has 0 radical (unpaired) electrons. The number of nitrogens with zero attached hydrogens (tertiary/aromatic N) is 2. The Hall–Kier alpha value is -3.57. The first-order valence-corrected chi connectivity index (χ1v) is 7.05. The molecule has 2 rings (SSSR count). The molecular formula is C15H12N2O9. The predicted molar refractivity (Wildman–Crippen MR) is 83.3 cm³/mol. The van der Waals surface area contributed by atoms with Gasteiger partial charge in [-0.05, 0) is 35.4 Å². The van der Waals surface area contributed by atoms with Crippen LogP contribution in [0.15, 0.2) is 48.5 Å². The Morgan fingerprint density at radius 2 is 1.08 bits per heavy atom. The van der Waals surface area contributed by atoms with Gasteiger partial charge in [-0.1, -0.05) is 0 Å². The second kappa shape index (κ2) is 9.05. The minimum absolute atomic E-state index is 0.0753. The van der Waals surface area contributed by atoms with Gasteiger partial charge in [-0.3, -0.25) is 30.0 Å². The Morgan fingerprint density at radius 1 is 0.731 bits per heavy atom. The summed E-state index contributed by atoms with van der Waals surface area (Å²) in [6, 6.07) is 10.9. The third-order valence-electron chi connectivity index (χ3n) is 3.00. The minimum atomic E-state index is -1.26. The molecule has 0 saturated carbocycles. The van der Waals surface area contributed by atoms with Crippen molar-refractivity contribution in [2.75, 3.05) is 0 Å². The molecule has 0 aliphatic heterocycles. The van der Waals surface area contributed by atoms with Crippen molar-refractivity contribution < 1.29 is 34.2 Å². The van der Waals surface area contributed by atoms with Crippen molar-refractivity contribution in [3.63, 3.8) is 0 Å². The molecule has 0 saturated heterocycles. The van der Waals surface area contributed by atoms with Crippen molar-refractivity contribution >= 4 is 17.5 Å². The molecule has 0 amide bonds. The number of nitro benzene ring substituents is 2. The lowest BCUT2D eigenvalue weighted by Crippen LogP contribution is -2.09. The van der Waals surface area contributed by atoms with Crippen molar-refractivity contribution in [1.29, 1.82) is 0 Å². The molecule has 0 unspecified atom stereocenters. The van der Waals surface area contributed by atoms with Gasteiger partial charge >= 0.3 is 6.16 Å².